The van der Waals surface area contributed by atoms with E-state index in [0.29, 0.717) is 37.8 Å². The summed E-state index contributed by atoms with van der Waals surface area (Å²) in [5.74, 6) is 1.31. The molecule has 0 amide bonds. The van der Waals surface area contributed by atoms with Gasteiger partial charge in [-0.3, -0.25) is 0 Å². The first-order chi connectivity index (χ1) is 14.3. The van der Waals surface area contributed by atoms with Gasteiger partial charge in [0.2, 0.25) is 0 Å². The Morgan fingerprint density at radius 3 is 2.35 bits per heavy atom. The van der Waals surface area contributed by atoms with Gasteiger partial charge in [-0.05, 0) is 48.7 Å². The van der Waals surface area contributed by atoms with Crippen molar-refractivity contribution in [2.45, 2.75) is 26.1 Å². The number of hydrogen-bond donors (Lipinski definition) is 3. The van der Waals surface area contributed by atoms with Crippen LogP contribution in [0.1, 0.15) is 18.1 Å². The van der Waals surface area contributed by atoms with Gasteiger partial charge in [0.15, 0.2) is 24.1 Å². The smallest absolute Gasteiger partial charge is 0.422 e. The fourth-order valence-electron chi connectivity index (χ4n) is 2.57. The summed E-state index contributed by atoms with van der Waals surface area (Å²) in [7, 11) is 1.50. The third kappa shape index (κ3) is 9.99. The van der Waals surface area contributed by atoms with Crippen molar-refractivity contribution in [2.75, 3.05) is 26.8 Å². The van der Waals surface area contributed by atoms with Gasteiger partial charge in [-0.1, -0.05) is 18.2 Å². The number of alkyl halides is 3. The number of rotatable bonds is 9. The van der Waals surface area contributed by atoms with Crippen LogP contribution in [0.3, 0.4) is 0 Å². The number of nitrogens with one attached hydrogen (secondary N) is 2. The summed E-state index contributed by atoms with van der Waals surface area (Å²) in [6.07, 6.45) is -3.66. The number of nitrogens with zero attached hydrogens (tertiary/aromatic N) is 1. The van der Waals surface area contributed by atoms with Crippen molar-refractivity contribution in [1.29, 1.82) is 0 Å². The first kappa shape index (κ1) is 26.7. The van der Waals surface area contributed by atoms with Crippen LogP contribution in [-0.4, -0.2) is 44.0 Å². The summed E-state index contributed by atoms with van der Waals surface area (Å²) >= 11 is 0. The molecule has 10 heteroatoms. The number of aliphatic imine (C=N–C) groups is 1. The van der Waals surface area contributed by atoms with Gasteiger partial charge in [-0.25, -0.2) is 4.99 Å². The zero-order chi connectivity index (χ0) is 22.0. The highest BCUT2D eigenvalue weighted by molar-refractivity contribution is 14.0. The number of guanidine groups is 1. The molecule has 6 nitrogen and oxygen atoms in total. The number of phenolic OH excluding ortho intramolecular Hbond substituents is 1. The van der Waals surface area contributed by atoms with Gasteiger partial charge >= 0.3 is 6.18 Å². The van der Waals surface area contributed by atoms with E-state index >= 15 is 0 Å². The van der Waals surface area contributed by atoms with Gasteiger partial charge in [-0.15, -0.1) is 24.0 Å². The average molecular weight is 553 g/mol. The van der Waals surface area contributed by atoms with E-state index in [1.54, 1.807) is 24.3 Å². The minimum atomic E-state index is -4.36. The van der Waals surface area contributed by atoms with Crippen molar-refractivity contribution in [3.63, 3.8) is 0 Å². The average Bonchev–Trinajstić information content (AvgIpc) is 2.72. The van der Waals surface area contributed by atoms with Crippen LogP contribution in [0.5, 0.6) is 17.2 Å². The van der Waals surface area contributed by atoms with E-state index in [4.69, 9.17) is 9.47 Å². The number of hydrogen-bond acceptors (Lipinski definition) is 4. The molecule has 2 aromatic carbocycles. The van der Waals surface area contributed by atoms with Crippen LogP contribution in [-0.2, 0) is 13.0 Å². The first-order valence-corrected chi connectivity index (χ1v) is 9.47. The largest absolute Gasteiger partial charge is 0.504 e. The van der Waals surface area contributed by atoms with Crippen molar-refractivity contribution < 1.29 is 27.8 Å². The van der Waals surface area contributed by atoms with Crippen molar-refractivity contribution >= 4 is 29.9 Å². The molecule has 0 aliphatic heterocycles. The van der Waals surface area contributed by atoms with Crippen molar-refractivity contribution in [3.05, 3.63) is 53.6 Å². The molecule has 0 saturated carbocycles. The van der Waals surface area contributed by atoms with Crippen LogP contribution >= 0.6 is 24.0 Å². The SMILES string of the molecule is CCNC(=NCc1ccc(OCC(F)(F)F)cc1)NCCc1ccc(O)c(OC)c1.I. The van der Waals surface area contributed by atoms with Gasteiger partial charge in [0.05, 0.1) is 13.7 Å². The predicted octanol–water partition coefficient (Wildman–Crippen LogP) is 4.26. The molecular weight excluding hydrogens is 526 g/mol. The molecule has 31 heavy (non-hydrogen) atoms. The van der Waals surface area contributed by atoms with E-state index in [2.05, 4.69) is 15.6 Å². The highest BCUT2D eigenvalue weighted by Gasteiger charge is 2.28. The summed E-state index contributed by atoms with van der Waals surface area (Å²) in [6, 6.07) is 11.6. The molecule has 172 valence electrons. The van der Waals surface area contributed by atoms with Crippen LogP contribution in [0.15, 0.2) is 47.5 Å². The second-order valence-corrected chi connectivity index (χ2v) is 6.43. The van der Waals surface area contributed by atoms with E-state index < -0.39 is 12.8 Å². The van der Waals surface area contributed by atoms with Crippen LogP contribution in [0, 0.1) is 0 Å². The molecule has 0 aromatic heterocycles. The molecule has 0 heterocycles. The monoisotopic (exact) mass is 553 g/mol. The highest BCUT2D eigenvalue weighted by atomic mass is 127. The molecule has 0 fully saturated rings. The molecule has 0 unspecified atom stereocenters. The van der Waals surface area contributed by atoms with E-state index in [-0.39, 0.29) is 35.5 Å². The lowest BCUT2D eigenvalue weighted by molar-refractivity contribution is -0.153. The standard InChI is InChI=1S/C21H26F3N3O3.HI/c1-3-25-20(26-11-10-15-6-9-18(28)19(12-15)29-2)27-13-16-4-7-17(8-5-16)30-14-21(22,23)24;/h4-9,12,28H,3,10-11,13-14H2,1-2H3,(H2,25,26,27);1H. The number of methoxy groups -OCH3 is 1. The Morgan fingerprint density at radius 1 is 1.06 bits per heavy atom. The Morgan fingerprint density at radius 2 is 1.74 bits per heavy atom. The van der Waals surface area contributed by atoms with Gasteiger partial charge in [0, 0.05) is 13.1 Å². The zero-order valence-corrected chi connectivity index (χ0v) is 19.7. The highest BCUT2D eigenvalue weighted by Crippen LogP contribution is 2.26. The van der Waals surface area contributed by atoms with Crippen molar-refractivity contribution in [1.82, 2.24) is 10.6 Å². The van der Waals surface area contributed by atoms with E-state index in [0.717, 1.165) is 11.1 Å². The summed E-state index contributed by atoms with van der Waals surface area (Å²) in [6.45, 7) is 2.30. The second-order valence-electron chi connectivity index (χ2n) is 6.43. The summed E-state index contributed by atoms with van der Waals surface area (Å²) in [5, 5.41) is 16.0. The van der Waals surface area contributed by atoms with Gasteiger partial charge in [0.25, 0.3) is 0 Å². The van der Waals surface area contributed by atoms with Crippen molar-refractivity contribution in [2.24, 2.45) is 4.99 Å². The maximum atomic E-state index is 12.2. The van der Waals surface area contributed by atoms with Crippen LogP contribution in [0.4, 0.5) is 13.2 Å². The molecule has 2 rings (SSSR count). The lowest BCUT2D eigenvalue weighted by Crippen LogP contribution is -2.38. The molecule has 2 aromatic rings. The summed E-state index contributed by atoms with van der Waals surface area (Å²) in [5.41, 5.74) is 1.84. The van der Waals surface area contributed by atoms with E-state index in [1.165, 1.54) is 19.2 Å². The van der Waals surface area contributed by atoms with Crippen LogP contribution in [0.25, 0.3) is 0 Å². The Kier molecular flexibility index (Phi) is 11.3. The fraction of sp³-hybridized carbons (Fsp3) is 0.381. The Hall–Kier alpha value is -2.37. The summed E-state index contributed by atoms with van der Waals surface area (Å²) < 4.78 is 46.4. The molecular formula is C21H27F3IN3O3. The Bertz CT molecular complexity index is 831. The van der Waals surface area contributed by atoms with Gasteiger partial charge < -0.3 is 25.2 Å². The Balaban J connectivity index is 0.00000480. The molecule has 0 atom stereocenters. The molecule has 0 aliphatic carbocycles. The molecule has 0 spiro atoms. The number of benzene rings is 2. The first-order valence-electron chi connectivity index (χ1n) is 9.47. The lowest BCUT2D eigenvalue weighted by Gasteiger charge is -2.12. The lowest BCUT2D eigenvalue weighted by atomic mass is 10.1. The molecule has 0 aliphatic rings. The molecule has 0 saturated heterocycles. The topological polar surface area (TPSA) is 75.1 Å². The molecule has 0 bridgehead atoms. The quantitative estimate of drug-likeness (QED) is 0.246. The molecule has 3 N–H and O–H groups in total. The minimum absolute atomic E-state index is 0. The maximum absolute atomic E-state index is 12.2. The predicted molar refractivity (Wildman–Crippen MR) is 125 cm³/mol. The number of ether oxygens (including phenoxy) is 2. The number of halogens is 4. The Labute approximate surface area is 196 Å². The van der Waals surface area contributed by atoms with E-state index in [9.17, 15) is 18.3 Å². The van der Waals surface area contributed by atoms with Gasteiger partial charge in [-0.2, -0.15) is 13.2 Å². The molecule has 0 radical (unpaired) electrons. The van der Waals surface area contributed by atoms with Crippen molar-refractivity contribution in [3.8, 4) is 17.2 Å². The third-order valence-electron chi connectivity index (χ3n) is 4.04. The maximum Gasteiger partial charge on any atom is 0.422 e. The third-order valence-corrected chi connectivity index (χ3v) is 4.04. The van der Waals surface area contributed by atoms with Crippen LogP contribution in [0.2, 0.25) is 0 Å². The number of aromatic hydroxyl groups is 1. The van der Waals surface area contributed by atoms with Crippen LogP contribution < -0.4 is 20.1 Å². The van der Waals surface area contributed by atoms with Gasteiger partial charge in [0.1, 0.15) is 5.75 Å². The minimum Gasteiger partial charge on any atom is -0.504 e. The van der Waals surface area contributed by atoms with E-state index in [1.807, 2.05) is 13.0 Å². The second kappa shape index (κ2) is 13.1. The summed E-state index contributed by atoms with van der Waals surface area (Å²) in [4.78, 5) is 4.49. The normalized spacial score (nSPS) is 11.5. The fourth-order valence-corrected chi connectivity index (χ4v) is 2.57. The zero-order valence-electron chi connectivity index (χ0n) is 17.3. The number of phenols is 1.